The molecule has 102 valence electrons. The van der Waals surface area contributed by atoms with Gasteiger partial charge in [-0.25, -0.2) is 0 Å². The largest absolute Gasteiger partial charge is 0.508 e. The number of phenolic OH excluding ortho intramolecular Hbond substituents is 1. The lowest BCUT2D eigenvalue weighted by Gasteiger charge is -2.28. The molecule has 0 amide bonds. The molecule has 0 radical (unpaired) electrons. The Morgan fingerprint density at radius 1 is 1.21 bits per heavy atom. The van der Waals surface area contributed by atoms with Gasteiger partial charge in [-0.05, 0) is 79.5 Å². The Labute approximate surface area is 115 Å². The predicted octanol–water partition coefficient (Wildman–Crippen LogP) is 3.55. The Kier molecular flexibility index (Phi) is 2.63. The quantitative estimate of drug-likeness (QED) is 0.864. The van der Waals surface area contributed by atoms with Crippen LogP contribution in [0.2, 0.25) is 0 Å². The fourth-order valence-electron chi connectivity index (χ4n) is 3.91. The zero-order chi connectivity index (χ0) is 12.9. The van der Waals surface area contributed by atoms with E-state index < -0.39 is 0 Å². The van der Waals surface area contributed by atoms with Gasteiger partial charge in [-0.3, -0.25) is 0 Å². The molecule has 0 bridgehead atoms. The third kappa shape index (κ3) is 2.16. The van der Waals surface area contributed by atoms with Crippen molar-refractivity contribution in [3.8, 4) is 5.75 Å². The van der Waals surface area contributed by atoms with E-state index in [0.29, 0.717) is 17.2 Å². The fraction of sp³-hybridized carbons (Fsp3) is 0.647. The van der Waals surface area contributed by atoms with Crippen LogP contribution in [0.15, 0.2) is 18.2 Å². The van der Waals surface area contributed by atoms with Gasteiger partial charge in [0.2, 0.25) is 0 Å². The van der Waals surface area contributed by atoms with Gasteiger partial charge in [0.1, 0.15) is 5.75 Å². The van der Waals surface area contributed by atoms with Crippen molar-refractivity contribution in [3.63, 3.8) is 0 Å². The number of fused-ring (bicyclic) bond motifs is 1. The molecule has 1 aromatic carbocycles. The summed E-state index contributed by atoms with van der Waals surface area (Å²) in [4.78, 5) is 0. The van der Waals surface area contributed by atoms with Crippen molar-refractivity contribution in [2.45, 2.75) is 51.0 Å². The van der Waals surface area contributed by atoms with Gasteiger partial charge in [0, 0.05) is 12.6 Å². The Hall–Kier alpha value is -1.02. The van der Waals surface area contributed by atoms with Crippen molar-refractivity contribution in [2.75, 3.05) is 6.54 Å². The van der Waals surface area contributed by atoms with E-state index in [1.165, 1.54) is 62.6 Å². The molecule has 0 heterocycles. The molecule has 2 nitrogen and oxygen atoms in total. The van der Waals surface area contributed by atoms with Gasteiger partial charge < -0.3 is 10.4 Å². The summed E-state index contributed by atoms with van der Waals surface area (Å²) in [6.45, 7) is 1.19. The summed E-state index contributed by atoms with van der Waals surface area (Å²) in [7, 11) is 0. The summed E-state index contributed by atoms with van der Waals surface area (Å²) >= 11 is 0. The maximum absolute atomic E-state index is 9.72. The number of hydrogen-bond acceptors (Lipinski definition) is 2. The van der Waals surface area contributed by atoms with Crippen LogP contribution in [0, 0.1) is 11.3 Å². The van der Waals surface area contributed by atoms with E-state index in [1.54, 1.807) is 0 Å². The summed E-state index contributed by atoms with van der Waals surface area (Å²) in [6, 6.07) is 6.37. The molecular formula is C17H23NO. The summed E-state index contributed by atoms with van der Waals surface area (Å²) in [6.07, 6.45) is 9.45. The van der Waals surface area contributed by atoms with E-state index >= 15 is 0 Å². The highest BCUT2D eigenvalue weighted by molar-refractivity contribution is 5.38. The van der Waals surface area contributed by atoms with E-state index in [2.05, 4.69) is 11.4 Å². The smallest absolute Gasteiger partial charge is 0.115 e. The van der Waals surface area contributed by atoms with Gasteiger partial charge in [-0.2, -0.15) is 0 Å². The highest BCUT2D eigenvalue weighted by atomic mass is 16.3. The van der Waals surface area contributed by atoms with Crippen LogP contribution in [0.25, 0.3) is 0 Å². The fourth-order valence-corrected chi connectivity index (χ4v) is 3.91. The molecule has 3 aliphatic carbocycles. The average molecular weight is 257 g/mol. The third-order valence-electron chi connectivity index (χ3n) is 5.48. The highest BCUT2D eigenvalue weighted by Gasteiger charge is 2.53. The van der Waals surface area contributed by atoms with E-state index in [-0.39, 0.29) is 0 Å². The van der Waals surface area contributed by atoms with Gasteiger partial charge >= 0.3 is 0 Å². The number of rotatable bonds is 4. The number of phenols is 1. The SMILES string of the molecule is Oc1ccc2c(c1)C(NCC1(C3CC3)CC1)CCC2. The lowest BCUT2D eigenvalue weighted by atomic mass is 9.87. The van der Waals surface area contributed by atoms with Crippen LogP contribution in [0.5, 0.6) is 5.75 Å². The Bertz CT molecular complexity index is 488. The molecule has 2 N–H and O–H groups in total. The van der Waals surface area contributed by atoms with Crippen molar-refractivity contribution >= 4 is 0 Å². The third-order valence-corrected chi connectivity index (χ3v) is 5.48. The van der Waals surface area contributed by atoms with Crippen LogP contribution >= 0.6 is 0 Å². The predicted molar refractivity (Wildman–Crippen MR) is 76.2 cm³/mol. The van der Waals surface area contributed by atoms with Crippen molar-refractivity contribution < 1.29 is 5.11 Å². The summed E-state index contributed by atoms with van der Waals surface area (Å²) in [5.74, 6) is 1.43. The first-order chi connectivity index (χ1) is 9.27. The molecule has 1 atom stereocenters. The standard InChI is InChI=1S/C17H23NO/c19-14-7-4-12-2-1-3-16(15(12)10-14)18-11-17(8-9-17)13-5-6-13/h4,7,10,13,16,18-19H,1-3,5-6,8-9,11H2. The van der Waals surface area contributed by atoms with Gasteiger partial charge in [0.25, 0.3) is 0 Å². The Balaban J connectivity index is 1.49. The number of nitrogens with one attached hydrogen (secondary N) is 1. The van der Waals surface area contributed by atoms with Crippen LogP contribution in [0.1, 0.15) is 55.7 Å². The minimum absolute atomic E-state index is 0.413. The molecule has 0 aliphatic heterocycles. The topological polar surface area (TPSA) is 32.3 Å². The first-order valence-electron chi connectivity index (χ1n) is 7.82. The molecule has 0 saturated heterocycles. The molecule has 0 spiro atoms. The Morgan fingerprint density at radius 3 is 2.79 bits per heavy atom. The maximum Gasteiger partial charge on any atom is 0.115 e. The normalized spacial score (nSPS) is 27.9. The highest BCUT2D eigenvalue weighted by Crippen LogP contribution is 2.61. The monoisotopic (exact) mass is 257 g/mol. The number of aryl methyl sites for hydroxylation is 1. The summed E-state index contributed by atoms with van der Waals surface area (Å²) in [5.41, 5.74) is 3.43. The van der Waals surface area contributed by atoms with Gasteiger partial charge in [-0.15, -0.1) is 0 Å². The van der Waals surface area contributed by atoms with Crippen LogP contribution in [-0.4, -0.2) is 11.7 Å². The molecule has 0 aromatic heterocycles. The number of hydrogen-bond donors (Lipinski definition) is 2. The van der Waals surface area contributed by atoms with E-state index in [1.807, 2.05) is 12.1 Å². The zero-order valence-electron chi connectivity index (χ0n) is 11.5. The van der Waals surface area contributed by atoms with Crippen LogP contribution in [0.4, 0.5) is 0 Å². The second kappa shape index (κ2) is 4.24. The molecule has 1 unspecified atom stereocenters. The maximum atomic E-state index is 9.72. The Morgan fingerprint density at radius 2 is 2.05 bits per heavy atom. The van der Waals surface area contributed by atoms with E-state index in [9.17, 15) is 5.11 Å². The average Bonchev–Trinajstić information content (AvgIpc) is 3.27. The minimum atomic E-state index is 0.413. The molecule has 4 rings (SSSR count). The van der Waals surface area contributed by atoms with Gasteiger partial charge in [0.15, 0.2) is 0 Å². The van der Waals surface area contributed by atoms with Crippen molar-refractivity contribution in [1.29, 1.82) is 0 Å². The minimum Gasteiger partial charge on any atom is -0.508 e. The second-order valence-electron chi connectivity index (χ2n) is 6.85. The first-order valence-corrected chi connectivity index (χ1v) is 7.82. The lowest BCUT2D eigenvalue weighted by Crippen LogP contribution is -2.31. The zero-order valence-corrected chi connectivity index (χ0v) is 11.5. The second-order valence-corrected chi connectivity index (χ2v) is 6.85. The van der Waals surface area contributed by atoms with Crippen molar-refractivity contribution in [3.05, 3.63) is 29.3 Å². The summed E-state index contributed by atoms with van der Waals surface area (Å²) < 4.78 is 0. The molecule has 2 fully saturated rings. The molecule has 3 aliphatic rings. The number of benzene rings is 1. The van der Waals surface area contributed by atoms with Crippen LogP contribution < -0.4 is 5.32 Å². The van der Waals surface area contributed by atoms with Gasteiger partial charge in [-0.1, -0.05) is 6.07 Å². The first kappa shape index (κ1) is 11.8. The number of aromatic hydroxyl groups is 1. The van der Waals surface area contributed by atoms with Crippen molar-refractivity contribution in [2.24, 2.45) is 11.3 Å². The summed E-state index contributed by atoms with van der Waals surface area (Å²) in [5, 5.41) is 13.5. The molecule has 2 heteroatoms. The van der Waals surface area contributed by atoms with Gasteiger partial charge in [0.05, 0.1) is 0 Å². The molecule has 2 saturated carbocycles. The lowest BCUT2D eigenvalue weighted by molar-refractivity contribution is 0.355. The van der Waals surface area contributed by atoms with E-state index in [4.69, 9.17) is 0 Å². The van der Waals surface area contributed by atoms with E-state index in [0.717, 1.165) is 5.92 Å². The van der Waals surface area contributed by atoms with Crippen LogP contribution in [-0.2, 0) is 6.42 Å². The molecule has 1 aromatic rings. The van der Waals surface area contributed by atoms with Crippen LogP contribution in [0.3, 0.4) is 0 Å². The van der Waals surface area contributed by atoms with Crippen molar-refractivity contribution in [1.82, 2.24) is 5.32 Å². The molecule has 19 heavy (non-hydrogen) atoms. The molecular weight excluding hydrogens is 234 g/mol.